The summed E-state index contributed by atoms with van der Waals surface area (Å²) in [5.41, 5.74) is 2.88. The quantitative estimate of drug-likeness (QED) is 0.847. The minimum absolute atomic E-state index is 0.0553. The monoisotopic (exact) mass is 332 g/mol. The van der Waals surface area contributed by atoms with Gasteiger partial charge in [-0.1, -0.05) is 17.7 Å². The Morgan fingerprint density at radius 2 is 2.09 bits per heavy atom. The highest BCUT2D eigenvalue weighted by atomic mass is 35.5. The standard InChI is InChI=1S/C17H17ClN2OS/c1-11(17(21)20-16-8-6-14(18)10-19-16)22-15-7-5-12-3-2-4-13(12)9-15/h5-11H,2-4H2,1H3,(H,19,20,21)/t11-/m1/s1. The van der Waals surface area contributed by atoms with Crippen LogP contribution in [0.15, 0.2) is 41.4 Å². The van der Waals surface area contributed by atoms with Crippen molar-refractivity contribution in [3.05, 3.63) is 52.7 Å². The summed E-state index contributed by atoms with van der Waals surface area (Å²) in [5, 5.41) is 3.18. The molecule has 114 valence electrons. The van der Waals surface area contributed by atoms with Gasteiger partial charge in [-0.2, -0.15) is 0 Å². The molecule has 1 aliphatic rings. The third-order valence-corrected chi connectivity index (χ3v) is 5.05. The van der Waals surface area contributed by atoms with Crippen molar-refractivity contribution in [2.45, 2.75) is 36.3 Å². The van der Waals surface area contributed by atoms with Gasteiger partial charge < -0.3 is 5.32 Å². The van der Waals surface area contributed by atoms with Crippen molar-refractivity contribution in [3.8, 4) is 0 Å². The summed E-state index contributed by atoms with van der Waals surface area (Å²) in [6, 6.07) is 9.93. The number of aromatic nitrogens is 1. The van der Waals surface area contributed by atoms with E-state index in [0.29, 0.717) is 10.8 Å². The van der Waals surface area contributed by atoms with Crippen molar-refractivity contribution in [1.82, 2.24) is 4.98 Å². The molecule has 2 aromatic rings. The molecule has 0 spiro atoms. The van der Waals surface area contributed by atoms with Gasteiger partial charge in [0.05, 0.1) is 10.3 Å². The van der Waals surface area contributed by atoms with Gasteiger partial charge in [0.15, 0.2) is 0 Å². The van der Waals surface area contributed by atoms with Crippen molar-refractivity contribution in [1.29, 1.82) is 0 Å². The lowest BCUT2D eigenvalue weighted by atomic mass is 10.1. The molecule has 1 aromatic carbocycles. The summed E-state index contributed by atoms with van der Waals surface area (Å²) in [6.07, 6.45) is 5.09. The van der Waals surface area contributed by atoms with Crippen LogP contribution in [0.2, 0.25) is 5.02 Å². The number of rotatable bonds is 4. The fourth-order valence-corrected chi connectivity index (χ4v) is 3.60. The van der Waals surface area contributed by atoms with E-state index in [1.165, 1.54) is 30.2 Å². The van der Waals surface area contributed by atoms with Crippen LogP contribution in [0, 0.1) is 0 Å². The van der Waals surface area contributed by atoms with E-state index in [1.54, 1.807) is 23.9 Å². The molecule has 0 bridgehead atoms. The first kappa shape index (κ1) is 15.4. The number of nitrogens with one attached hydrogen (secondary N) is 1. The number of hydrogen-bond donors (Lipinski definition) is 1. The third kappa shape index (κ3) is 3.62. The van der Waals surface area contributed by atoms with Crippen molar-refractivity contribution < 1.29 is 4.79 Å². The first-order valence-electron chi connectivity index (χ1n) is 7.33. The van der Waals surface area contributed by atoms with Crippen molar-refractivity contribution >= 4 is 35.1 Å². The van der Waals surface area contributed by atoms with E-state index in [2.05, 4.69) is 28.5 Å². The van der Waals surface area contributed by atoms with Gasteiger partial charge in [0.25, 0.3) is 0 Å². The number of carbonyl (C=O) groups excluding carboxylic acids is 1. The van der Waals surface area contributed by atoms with Crippen LogP contribution < -0.4 is 5.32 Å². The smallest absolute Gasteiger partial charge is 0.238 e. The lowest BCUT2D eigenvalue weighted by molar-refractivity contribution is -0.115. The SMILES string of the molecule is C[C@@H](Sc1ccc2c(c1)CCC2)C(=O)Nc1ccc(Cl)cn1. The number of nitrogens with zero attached hydrogens (tertiary/aromatic N) is 1. The fraction of sp³-hybridized carbons (Fsp3) is 0.294. The highest BCUT2D eigenvalue weighted by Gasteiger charge is 2.17. The number of halogens is 1. The number of anilines is 1. The van der Waals surface area contributed by atoms with Crippen LogP contribution in [0.1, 0.15) is 24.5 Å². The maximum atomic E-state index is 12.2. The molecule has 1 heterocycles. The lowest BCUT2D eigenvalue weighted by Crippen LogP contribution is -2.22. The van der Waals surface area contributed by atoms with Gasteiger partial charge in [0, 0.05) is 11.1 Å². The Bertz CT molecular complexity index is 688. The Kier molecular flexibility index (Phi) is 4.69. The number of pyridine rings is 1. The Hall–Kier alpha value is -1.52. The molecule has 3 nitrogen and oxygen atoms in total. The zero-order chi connectivity index (χ0) is 15.5. The van der Waals surface area contributed by atoms with Crippen LogP contribution in [0.5, 0.6) is 0 Å². The molecular formula is C17H17ClN2OS. The second-order valence-electron chi connectivity index (χ2n) is 5.40. The molecular weight excluding hydrogens is 316 g/mol. The highest BCUT2D eigenvalue weighted by Crippen LogP contribution is 2.30. The van der Waals surface area contributed by atoms with Gasteiger partial charge in [-0.15, -0.1) is 11.8 Å². The molecule has 0 aliphatic heterocycles. The van der Waals surface area contributed by atoms with Crippen LogP contribution >= 0.6 is 23.4 Å². The number of thioether (sulfide) groups is 1. The van der Waals surface area contributed by atoms with E-state index in [0.717, 1.165) is 11.3 Å². The maximum absolute atomic E-state index is 12.2. The van der Waals surface area contributed by atoms with Gasteiger partial charge in [-0.05, 0) is 61.6 Å². The number of amides is 1. The molecule has 0 fully saturated rings. The molecule has 1 amide bonds. The van der Waals surface area contributed by atoms with Crippen LogP contribution in [-0.4, -0.2) is 16.1 Å². The van der Waals surface area contributed by atoms with E-state index < -0.39 is 0 Å². The molecule has 1 aliphatic carbocycles. The number of aryl methyl sites for hydroxylation is 2. The van der Waals surface area contributed by atoms with E-state index in [1.807, 2.05) is 6.92 Å². The summed E-state index contributed by atoms with van der Waals surface area (Å²) in [6.45, 7) is 1.91. The molecule has 0 saturated carbocycles. The van der Waals surface area contributed by atoms with E-state index in [4.69, 9.17) is 11.6 Å². The second kappa shape index (κ2) is 6.71. The zero-order valence-corrected chi connectivity index (χ0v) is 13.9. The summed E-state index contributed by atoms with van der Waals surface area (Å²) in [7, 11) is 0. The van der Waals surface area contributed by atoms with Gasteiger partial charge in [-0.25, -0.2) is 4.98 Å². The topological polar surface area (TPSA) is 42.0 Å². The van der Waals surface area contributed by atoms with Crippen molar-refractivity contribution in [3.63, 3.8) is 0 Å². The Morgan fingerprint density at radius 3 is 2.86 bits per heavy atom. The number of carbonyl (C=O) groups is 1. The predicted molar refractivity (Wildman–Crippen MR) is 91.7 cm³/mol. The second-order valence-corrected chi connectivity index (χ2v) is 7.25. The van der Waals surface area contributed by atoms with Crippen LogP contribution in [0.4, 0.5) is 5.82 Å². The predicted octanol–water partition coefficient (Wildman–Crippen LogP) is 4.34. The molecule has 0 saturated heterocycles. The Labute approximate surface area is 139 Å². The average Bonchev–Trinajstić information content (AvgIpc) is 2.97. The third-order valence-electron chi connectivity index (χ3n) is 3.73. The van der Waals surface area contributed by atoms with Crippen LogP contribution in [-0.2, 0) is 17.6 Å². The first-order chi connectivity index (χ1) is 10.6. The van der Waals surface area contributed by atoms with E-state index >= 15 is 0 Å². The fourth-order valence-electron chi connectivity index (χ4n) is 2.56. The van der Waals surface area contributed by atoms with Gasteiger partial charge in [-0.3, -0.25) is 4.79 Å². The zero-order valence-electron chi connectivity index (χ0n) is 12.3. The average molecular weight is 333 g/mol. The molecule has 22 heavy (non-hydrogen) atoms. The highest BCUT2D eigenvalue weighted by molar-refractivity contribution is 8.00. The normalized spacial score (nSPS) is 14.5. The summed E-state index contributed by atoms with van der Waals surface area (Å²) in [5.74, 6) is 0.469. The Morgan fingerprint density at radius 1 is 1.27 bits per heavy atom. The summed E-state index contributed by atoms with van der Waals surface area (Å²) in [4.78, 5) is 17.5. The minimum atomic E-state index is -0.183. The van der Waals surface area contributed by atoms with Crippen molar-refractivity contribution in [2.75, 3.05) is 5.32 Å². The summed E-state index contributed by atoms with van der Waals surface area (Å²) >= 11 is 7.36. The molecule has 1 aromatic heterocycles. The van der Waals surface area contributed by atoms with E-state index in [-0.39, 0.29) is 11.2 Å². The minimum Gasteiger partial charge on any atom is -0.310 e. The largest absolute Gasteiger partial charge is 0.310 e. The number of fused-ring (bicyclic) bond motifs is 1. The first-order valence-corrected chi connectivity index (χ1v) is 8.58. The van der Waals surface area contributed by atoms with Gasteiger partial charge in [0.2, 0.25) is 5.91 Å². The molecule has 1 atom stereocenters. The van der Waals surface area contributed by atoms with Gasteiger partial charge in [0.1, 0.15) is 5.82 Å². The molecule has 0 unspecified atom stereocenters. The van der Waals surface area contributed by atoms with Gasteiger partial charge >= 0.3 is 0 Å². The molecule has 0 radical (unpaired) electrons. The molecule has 5 heteroatoms. The molecule has 1 N–H and O–H groups in total. The Balaban J connectivity index is 1.62. The van der Waals surface area contributed by atoms with E-state index in [9.17, 15) is 4.79 Å². The molecule has 3 rings (SSSR count). The lowest BCUT2D eigenvalue weighted by Gasteiger charge is -2.12. The van der Waals surface area contributed by atoms with Crippen molar-refractivity contribution in [2.24, 2.45) is 0 Å². The van der Waals surface area contributed by atoms with Crippen LogP contribution in [0.3, 0.4) is 0 Å². The maximum Gasteiger partial charge on any atom is 0.238 e. The number of benzene rings is 1. The number of hydrogen-bond acceptors (Lipinski definition) is 3. The summed E-state index contributed by atoms with van der Waals surface area (Å²) < 4.78 is 0. The van der Waals surface area contributed by atoms with Crippen LogP contribution in [0.25, 0.3) is 0 Å².